The second-order valence-electron chi connectivity index (χ2n) is 6.43. The molecule has 1 aliphatic rings. The molecule has 1 aliphatic heterocycles. The number of benzene rings is 1. The fourth-order valence-corrected chi connectivity index (χ4v) is 4.26. The van der Waals surface area contributed by atoms with Crippen molar-refractivity contribution in [2.24, 2.45) is 0 Å². The van der Waals surface area contributed by atoms with Gasteiger partial charge in [0.25, 0.3) is 15.9 Å². The Labute approximate surface area is 148 Å². The number of carbonyl (C=O) groups is 1. The summed E-state index contributed by atoms with van der Waals surface area (Å²) in [6, 6.07) is 8.53. The number of aromatic nitrogens is 1. The number of aryl methyl sites for hydroxylation is 1. The number of amides is 1. The highest BCUT2D eigenvalue weighted by Crippen LogP contribution is 2.18. The molecule has 134 valence electrons. The Morgan fingerprint density at radius 1 is 1.20 bits per heavy atom. The van der Waals surface area contributed by atoms with Gasteiger partial charge in [-0.05, 0) is 45.0 Å². The zero-order valence-electron chi connectivity index (χ0n) is 14.5. The van der Waals surface area contributed by atoms with Crippen LogP contribution < -0.4 is 5.32 Å². The minimum Gasteiger partial charge on any atom is -0.337 e. The van der Waals surface area contributed by atoms with Crippen LogP contribution in [0.3, 0.4) is 0 Å². The summed E-state index contributed by atoms with van der Waals surface area (Å²) in [5, 5.41) is 3.20. The first kappa shape index (κ1) is 17.7. The van der Waals surface area contributed by atoms with Gasteiger partial charge < -0.3 is 10.2 Å². The van der Waals surface area contributed by atoms with Crippen molar-refractivity contribution in [3.8, 4) is 0 Å². The summed E-state index contributed by atoms with van der Waals surface area (Å²) >= 11 is 0. The van der Waals surface area contributed by atoms with E-state index in [9.17, 15) is 13.2 Å². The largest absolute Gasteiger partial charge is 0.337 e. The third kappa shape index (κ3) is 3.62. The molecule has 1 fully saturated rings. The van der Waals surface area contributed by atoms with Gasteiger partial charge in [0.2, 0.25) is 0 Å². The standard InChI is InChI=1S/C18H23N3O3S/c1-14-5-7-17(8-6-14)25(23,24)21-11-9-15(12-21)18(22)20-10-3-4-16(13-20)19-2/h5-9,11-12,16,19H,3-4,10,13H2,1-2H3. The molecule has 1 atom stereocenters. The molecule has 2 aromatic rings. The highest BCUT2D eigenvalue weighted by molar-refractivity contribution is 7.90. The molecule has 1 amide bonds. The second-order valence-corrected chi connectivity index (χ2v) is 8.27. The molecule has 0 radical (unpaired) electrons. The van der Waals surface area contributed by atoms with Crippen molar-refractivity contribution in [1.82, 2.24) is 14.2 Å². The number of nitrogens with zero attached hydrogens (tertiary/aromatic N) is 2. The number of rotatable bonds is 4. The summed E-state index contributed by atoms with van der Waals surface area (Å²) in [7, 11) is -1.79. The number of nitrogens with one attached hydrogen (secondary N) is 1. The van der Waals surface area contributed by atoms with Crippen molar-refractivity contribution < 1.29 is 13.2 Å². The summed E-state index contributed by atoms with van der Waals surface area (Å²) in [5.74, 6) is -0.127. The first-order valence-electron chi connectivity index (χ1n) is 8.38. The minimum atomic E-state index is -3.68. The van der Waals surface area contributed by atoms with Crippen LogP contribution >= 0.6 is 0 Å². The fourth-order valence-electron chi connectivity index (χ4n) is 3.06. The van der Waals surface area contributed by atoms with Gasteiger partial charge in [-0.3, -0.25) is 4.79 Å². The maximum Gasteiger partial charge on any atom is 0.267 e. The molecule has 3 rings (SSSR count). The molecule has 0 bridgehead atoms. The predicted octanol–water partition coefficient (Wildman–Crippen LogP) is 1.86. The van der Waals surface area contributed by atoms with Gasteiger partial charge in [-0.2, -0.15) is 0 Å². The summed E-state index contributed by atoms with van der Waals surface area (Å²) in [6.07, 6.45) is 4.82. The maximum absolute atomic E-state index is 12.7. The van der Waals surface area contributed by atoms with E-state index in [0.29, 0.717) is 18.7 Å². The van der Waals surface area contributed by atoms with E-state index < -0.39 is 10.0 Å². The van der Waals surface area contributed by atoms with Gasteiger partial charge in [0.05, 0.1) is 10.5 Å². The van der Waals surface area contributed by atoms with Gasteiger partial charge in [0.1, 0.15) is 0 Å². The monoisotopic (exact) mass is 361 g/mol. The average molecular weight is 361 g/mol. The molecule has 0 saturated carbocycles. The Balaban J connectivity index is 1.82. The number of hydrogen-bond acceptors (Lipinski definition) is 4. The molecule has 1 aromatic heterocycles. The Hall–Kier alpha value is -2.12. The van der Waals surface area contributed by atoms with Crippen LogP contribution in [0, 0.1) is 6.92 Å². The normalized spacial score (nSPS) is 18.3. The molecule has 1 saturated heterocycles. The SMILES string of the molecule is CNC1CCCN(C(=O)c2ccn(S(=O)(=O)c3ccc(C)cc3)c2)C1. The topological polar surface area (TPSA) is 71.4 Å². The zero-order valence-corrected chi connectivity index (χ0v) is 15.3. The molecule has 6 nitrogen and oxygen atoms in total. The number of likely N-dealkylation sites (N-methyl/N-ethyl adjacent to an activating group) is 1. The lowest BCUT2D eigenvalue weighted by Crippen LogP contribution is -2.46. The van der Waals surface area contributed by atoms with Gasteiger partial charge in [-0.15, -0.1) is 0 Å². The van der Waals surface area contributed by atoms with E-state index in [4.69, 9.17) is 0 Å². The quantitative estimate of drug-likeness (QED) is 0.902. The molecule has 1 aromatic carbocycles. The summed E-state index contributed by atoms with van der Waals surface area (Å²) in [6.45, 7) is 3.25. The number of carbonyl (C=O) groups excluding carboxylic acids is 1. The van der Waals surface area contributed by atoms with E-state index in [1.165, 1.54) is 12.4 Å². The lowest BCUT2D eigenvalue weighted by Gasteiger charge is -2.32. The van der Waals surface area contributed by atoms with Crippen molar-refractivity contribution in [2.75, 3.05) is 20.1 Å². The van der Waals surface area contributed by atoms with Gasteiger partial charge >= 0.3 is 0 Å². The average Bonchev–Trinajstić information content (AvgIpc) is 3.12. The third-order valence-electron chi connectivity index (χ3n) is 4.63. The summed E-state index contributed by atoms with van der Waals surface area (Å²) in [4.78, 5) is 14.7. The van der Waals surface area contributed by atoms with Crippen molar-refractivity contribution in [1.29, 1.82) is 0 Å². The van der Waals surface area contributed by atoms with Crippen molar-refractivity contribution in [3.05, 3.63) is 53.9 Å². The van der Waals surface area contributed by atoms with Crippen LogP contribution in [-0.2, 0) is 10.0 Å². The van der Waals surface area contributed by atoms with Gasteiger partial charge in [-0.1, -0.05) is 17.7 Å². The Bertz CT molecular complexity index is 856. The molecule has 0 aliphatic carbocycles. The van der Waals surface area contributed by atoms with Crippen LogP contribution in [-0.4, -0.2) is 49.4 Å². The molecular formula is C18H23N3O3S. The molecule has 1 N–H and O–H groups in total. The van der Waals surface area contributed by atoms with E-state index in [0.717, 1.165) is 22.4 Å². The van der Waals surface area contributed by atoms with Crippen LogP contribution in [0.15, 0.2) is 47.6 Å². The summed E-state index contributed by atoms with van der Waals surface area (Å²) < 4.78 is 26.5. The smallest absolute Gasteiger partial charge is 0.267 e. The number of likely N-dealkylation sites (tertiary alicyclic amines) is 1. The highest BCUT2D eigenvalue weighted by Gasteiger charge is 2.25. The van der Waals surface area contributed by atoms with Gasteiger partial charge in [0, 0.05) is 31.5 Å². The molecule has 7 heteroatoms. The second kappa shape index (κ2) is 7.01. The van der Waals surface area contributed by atoms with Crippen molar-refractivity contribution in [2.45, 2.75) is 30.7 Å². The van der Waals surface area contributed by atoms with E-state index in [2.05, 4.69) is 5.32 Å². The van der Waals surface area contributed by atoms with Crippen LogP contribution in [0.1, 0.15) is 28.8 Å². The maximum atomic E-state index is 12.7. The minimum absolute atomic E-state index is 0.127. The fraction of sp³-hybridized carbons (Fsp3) is 0.389. The van der Waals surface area contributed by atoms with E-state index in [-0.39, 0.29) is 16.8 Å². The first-order valence-corrected chi connectivity index (χ1v) is 9.82. The first-order chi connectivity index (χ1) is 11.9. The van der Waals surface area contributed by atoms with Crippen molar-refractivity contribution >= 4 is 15.9 Å². The molecule has 2 heterocycles. The van der Waals surface area contributed by atoms with Gasteiger partial charge in [-0.25, -0.2) is 12.4 Å². The zero-order chi connectivity index (χ0) is 18.0. The molecule has 1 unspecified atom stereocenters. The van der Waals surface area contributed by atoms with E-state index in [1.54, 1.807) is 35.2 Å². The van der Waals surface area contributed by atoms with Gasteiger partial charge in [0.15, 0.2) is 0 Å². The highest BCUT2D eigenvalue weighted by atomic mass is 32.2. The number of piperidine rings is 1. The lowest BCUT2D eigenvalue weighted by atomic mass is 10.1. The van der Waals surface area contributed by atoms with E-state index in [1.807, 2.05) is 14.0 Å². The third-order valence-corrected chi connectivity index (χ3v) is 6.28. The van der Waals surface area contributed by atoms with Crippen LogP contribution in [0.2, 0.25) is 0 Å². The van der Waals surface area contributed by atoms with Crippen molar-refractivity contribution in [3.63, 3.8) is 0 Å². The Morgan fingerprint density at radius 2 is 1.92 bits per heavy atom. The van der Waals surface area contributed by atoms with Crippen LogP contribution in [0.25, 0.3) is 0 Å². The van der Waals surface area contributed by atoms with E-state index >= 15 is 0 Å². The molecule has 25 heavy (non-hydrogen) atoms. The van der Waals surface area contributed by atoms with Crippen LogP contribution in [0.4, 0.5) is 0 Å². The molecule has 0 spiro atoms. The molecular weight excluding hydrogens is 338 g/mol. The van der Waals surface area contributed by atoms with Crippen LogP contribution in [0.5, 0.6) is 0 Å². The Kier molecular flexibility index (Phi) is 4.96. The number of hydrogen-bond donors (Lipinski definition) is 1. The summed E-state index contributed by atoms with van der Waals surface area (Å²) in [5.41, 5.74) is 1.39. The predicted molar refractivity (Wildman–Crippen MR) is 96.2 cm³/mol. The lowest BCUT2D eigenvalue weighted by molar-refractivity contribution is 0.0698. The Morgan fingerprint density at radius 3 is 2.60 bits per heavy atom.